The molecule has 0 aromatic heterocycles. The molecule has 24 heavy (non-hydrogen) atoms. The van der Waals surface area contributed by atoms with E-state index >= 15 is 0 Å². The van der Waals surface area contributed by atoms with E-state index in [-0.39, 0.29) is 6.03 Å². The number of carbonyl (C=O) groups excluding carboxylic acids is 1. The summed E-state index contributed by atoms with van der Waals surface area (Å²) in [6, 6.07) is 10.8. The summed E-state index contributed by atoms with van der Waals surface area (Å²) < 4.78 is 0. The van der Waals surface area contributed by atoms with Crippen molar-refractivity contribution in [1.82, 2.24) is 10.2 Å². The lowest BCUT2D eigenvalue weighted by molar-refractivity contribution is 0.173. The maximum Gasteiger partial charge on any atom is 0.321 e. The fraction of sp³-hybridized carbons (Fsp3) is 0.571. The Labute approximate surface area is 146 Å². The zero-order chi connectivity index (χ0) is 16.8. The van der Waals surface area contributed by atoms with E-state index in [1.54, 1.807) is 0 Å². The number of carbonyl (C=O) groups is 1. The Morgan fingerprint density at radius 2 is 1.79 bits per heavy atom. The van der Waals surface area contributed by atoms with E-state index in [4.69, 9.17) is 0 Å². The Bertz CT molecular complexity index is 552. The second-order valence-corrected chi connectivity index (χ2v) is 7.44. The highest BCUT2D eigenvalue weighted by atomic mass is 16.2. The van der Waals surface area contributed by atoms with Crippen LogP contribution < -0.4 is 5.32 Å². The van der Waals surface area contributed by atoms with Crippen LogP contribution in [-0.2, 0) is 6.42 Å². The Morgan fingerprint density at radius 1 is 1.12 bits per heavy atom. The van der Waals surface area contributed by atoms with Crippen LogP contribution in [0, 0.1) is 11.8 Å². The molecule has 1 saturated heterocycles. The molecule has 0 bridgehead atoms. The van der Waals surface area contributed by atoms with Crippen LogP contribution in [0.1, 0.15) is 51.0 Å². The van der Waals surface area contributed by atoms with Crippen LogP contribution >= 0.6 is 0 Å². The molecule has 0 radical (unpaired) electrons. The Morgan fingerprint density at radius 3 is 2.46 bits per heavy atom. The van der Waals surface area contributed by atoms with E-state index in [1.807, 2.05) is 11.1 Å². The number of hydrogen-bond acceptors (Lipinski definition) is 1. The number of likely N-dealkylation sites (tertiary alicyclic amines) is 1. The van der Waals surface area contributed by atoms with Gasteiger partial charge in [0.1, 0.15) is 0 Å². The Kier molecular flexibility index (Phi) is 5.95. The van der Waals surface area contributed by atoms with Crippen LogP contribution in [0.4, 0.5) is 4.79 Å². The molecule has 1 aliphatic heterocycles. The first kappa shape index (κ1) is 17.1. The number of piperidine rings is 1. The maximum atomic E-state index is 12.4. The highest BCUT2D eigenvalue weighted by Crippen LogP contribution is 2.30. The van der Waals surface area contributed by atoms with Gasteiger partial charge in [-0.2, -0.15) is 0 Å². The van der Waals surface area contributed by atoms with E-state index in [2.05, 4.69) is 42.6 Å². The van der Waals surface area contributed by atoms with Gasteiger partial charge in [-0.15, -0.1) is 0 Å². The average Bonchev–Trinajstić information content (AvgIpc) is 3.16. The van der Waals surface area contributed by atoms with Gasteiger partial charge in [-0.3, -0.25) is 0 Å². The number of allylic oxidation sites excluding steroid dienone is 1. The molecule has 2 amide bonds. The van der Waals surface area contributed by atoms with Crippen molar-refractivity contribution >= 4 is 6.03 Å². The summed E-state index contributed by atoms with van der Waals surface area (Å²) in [5.41, 5.74) is 2.75. The third-order valence-electron chi connectivity index (χ3n) is 5.69. The maximum absolute atomic E-state index is 12.4. The van der Waals surface area contributed by atoms with Gasteiger partial charge in [0.2, 0.25) is 0 Å². The molecule has 1 aromatic rings. The molecule has 130 valence electrons. The zero-order valence-electron chi connectivity index (χ0n) is 14.8. The van der Waals surface area contributed by atoms with Crippen LogP contribution in [0.2, 0.25) is 0 Å². The van der Waals surface area contributed by atoms with E-state index in [0.29, 0.717) is 11.8 Å². The van der Waals surface area contributed by atoms with Crippen molar-refractivity contribution in [2.75, 3.05) is 13.1 Å². The van der Waals surface area contributed by atoms with Gasteiger partial charge in [0.15, 0.2) is 0 Å². The number of amides is 2. The fourth-order valence-electron chi connectivity index (χ4n) is 4.05. The largest absolute Gasteiger partial charge is 0.325 e. The predicted molar refractivity (Wildman–Crippen MR) is 98.7 cm³/mol. The van der Waals surface area contributed by atoms with Gasteiger partial charge in [-0.25, -0.2) is 4.79 Å². The second-order valence-electron chi connectivity index (χ2n) is 7.44. The van der Waals surface area contributed by atoms with E-state index < -0.39 is 0 Å². The molecule has 2 aliphatic rings. The molecule has 3 nitrogen and oxygen atoms in total. The topological polar surface area (TPSA) is 32.3 Å². The molecule has 3 rings (SSSR count). The third-order valence-corrected chi connectivity index (χ3v) is 5.69. The molecule has 1 heterocycles. The van der Waals surface area contributed by atoms with Crippen LogP contribution in [-0.4, -0.2) is 24.0 Å². The zero-order valence-corrected chi connectivity index (χ0v) is 14.8. The second kappa shape index (κ2) is 8.36. The molecule has 0 spiro atoms. The lowest BCUT2D eigenvalue weighted by Crippen LogP contribution is -2.43. The number of hydrogen-bond donors (Lipinski definition) is 1. The molecule has 2 fully saturated rings. The van der Waals surface area contributed by atoms with Gasteiger partial charge in [0.25, 0.3) is 0 Å². The first-order chi connectivity index (χ1) is 11.7. The fourth-order valence-corrected chi connectivity index (χ4v) is 4.05. The standard InChI is InChI=1S/C21H30N2O/c1-17(20-9-5-6-10-20)16-22-21(24)23-13-11-19(12-14-23)15-18-7-3-2-4-8-18/h2-4,7-8,16,19-20H,5-6,9-15H2,1H3,(H,22,24)/b17-16+. The summed E-state index contributed by atoms with van der Waals surface area (Å²) in [5.74, 6) is 1.38. The van der Waals surface area contributed by atoms with Crippen LogP contribution in [0.3, 0.4) is 0 Å². The first-order valence-corrected chi connectivity index (χ1v) is 9.48. The third kappa shape index (κ3) is 4.62. The van der Waals surface area contributed by atoms with Crippen LogP contribution in [0.5, 0.6) is 0 Å². The SMILES string of the molecule is C/C(=C\NC(=O)N1CCC(Cc2ccccc2)CC1)C1CCCC1. The normalized spacial score (nSPS) is 20.4. The molecule has 3 heteroatoms. The first-order valence-electron chi connectivity index (χ1n) is 9.48. The minimum absolute atomic E-state index is 0.0745. The lowest BCUT2D eigenvalue weighted by Gasteiger charge is -2.32. The van der Waals surface area contributed by atoms with Gasteiger partial charge in [0, 0.05) is 19.3 Å². The van der Waals surface area contributed by atoms with Gasteiger partial charge >= 0.3 is 6.03 Å². The number of nitrogens with zero attached hydrogens (tertiary/aromatic N) is 1. The van der Waals surface area contributed by atoms with Crippen molar-refractivity contribution in [2.24, 2.45) is 11.8 Å². The number of rotatable bonds is 4. The minimum atomic E-state index is 0.0745. The molecular formula is C21H30N2O. The van der Waals surface area contributed by atoms with Gasteiger partial charge in [0.05, 0.1) is 0 Å². The predicted octanol–water partition coefficient (Wildman–Crippen LogP) is 4.74. The Balaban J connectivity index is 1.42. The summed E-state index contributed by atoms with van der Waals surface area (Å²) >= 11 is 0. The summed E-state index contributed by atoms with van der Waals surface area (Å²) in [7, 11) is 0. The van der Waals surface area contributed by atoms with Gasteiger partial charge < -0.3 is 10.2 Å². The van der Waals surface area contributed by atoms with E-state index in [9.17, 15) is 4.79 Å². The van der Waals surface area contributed by atoms with Crippen molar-refractivity contribution in [3.63, 3.8) is 0 Å². The number of nitrogens with one attached hydrogen (secondary N) is 1. The van der Waals surface area contributed by atoms with Gasteiger partial charge in [-0.05, 0) is 56.4 Å². The van der Waals surface area contributed by atoms with Crippen LogP contribution in [0.15, 0.2) is 42.1 Å². The highest BCUT2D eigenvalue weighted by Gasteiger charge is 2.23. The molecule has 1 N–H and O–H groups in total. The molecular weight excluding hydrogens is 296 g/mol. The quantitative estimate of drug-likeness (QED) is 0.851. The highest BCUT2D eigenvalue weighted by molar-refractivity contribution is 5.75. The van der Waals surface area contributed by atoms with Gasteiger partial charge in [-0.1, -0.05) is 48.7 Å². The summed E-state index contributed by atoms with van der Waals surface area (Å²) in [6.07, 6.45) is 10.5. The summed E-state index contributed by atoms with van der Waals surface area (Å²) in [4.78, 5) is 14.3. The smallest absolute Gasteiger partial charge is 0.321 e. The Hall–Kier alpha value is -1.77. The van der Waals surface area contributed by atoms with E-state index in [0.717, 1.165) is 32.4 Å². The molecule has 0 unspecified atom stereocenters. The summed E-state index contributed by atoms with van der Waals surface area (Å²) in [5, 5.41) is 3.02. The van der Waals surface area contributed by atoms with Crippen molar-refractivity contribution in [1.29, 1.82) is 0 Å². The number of urea groups is 1. The molecule has 1 aliphatic carbocycles. The van der Waals surface area contributed by atoms with E-state index in [1.165, 1.54) is 36.8 Å². The molecule has 1 saturated carbocycles. The monoisotopic (exact) mass is 326 g/mol. The average molecular weight is 326 g/mol. The van der Waals surface area contributed by atoms with Crippen molar-refractivity contribution in [3.05, 3.63) is 47.7 Å². The van der Waals surface area contributed by atoms with Crippen molar-refractivity contribution in [3.8, 4) is 0 Å². The van der Waals surface area contributed by atoms with Crippen LogP contribution in [0.25, 0.3) is 0 Å². The molecule has 1 aromatic carbocycles. The molecule has 0 atom stereocenters. The minimum Gasteiger partial charge on any atom is -0.325 e. The van der Waals surface area contributed by atoms with Crippen molar-refractivity contribution < 1.29 is 4.79 Å². The summed E-state index contributed by atoms with van der Waals surface area (Å²) in [6.45, 7) is 3.90. The van der Waals surface area contributed by atoms with Crippen molar-refractivity contribution in [2.45, 2.75) is 51.9 Å². The lowest BCUT2D eigenvalue weighted by atomic mass is 9.90. The number of benzene rings is 1.